The van der Waals surface area contributed by atoms with Crippen molar-refractivity contribution in [3.8, 4) is 5.75 Å². The molecule has 2 aliphatic heterocycles. The molecular formula is C14H9ClF3N3O. The van der Waals surface area contributed by atoms with Gasteiger partial charge in [0.2, 0.25) is 0 Å². The van der Waals surface area contributed by atoms with E-state index in [4.69, 9.17) is 11.6 Å². The normalized spacial score (nSPS) is 17.5. The molecule has 0 fully saturated rings. The summed E-state index contributed by atoms with van der Waals surface area (Å²) in [4.78, 5) is 1.83. The summed E-state index contributed by atoms with van der Waals surface area (Å²) >= 11 is 5.89. The molecule has 0 saturated carbocycles. The lowest BCUT2D eigenvalue weighted by Crippen LogP contribution is -2.35. The molecule has 1 aromatic carbocycles. The van der Waals surface area contributed by atoms with Gasteiger partial charge in [-0.05, 0) is 42.0 Å². The van der Waals surface area contributed by atoms with Crippen LogP contribution >= 0.6 is 11.6 Å². The largest absolute Gasteiger partial charge is 0.573 e. The summed E-state index contributed by atoms with van der Waals surface area (Å²) in [6, 6.07) is 5.61. The molecule has 0 aromatic heterocycles. The number of ether oxygens (including phenoxy) is 1. The number of allylic oxidation sites excluding steroid dienone is 2. The van der Waals surface area contributed by atoms with Gasteiger partial charge in [-0.15, -0.1) is 23.4 Å². The molecule has 2 aliphatic rings. The van der Waals surface area contributed by atoms with E-state index < -0.39 is 6.36 Å². The van der Waals surface area contributed by atoms with Crippen LogP contribution in [0.15, 0.2) is 52.7 Å². The molecular weight excluding hydrogens is 319 g/mol. The fourth-order valence-corrected chi connectivity index (χ4v) is 2.29. The summed E-state index contributed by atoms with van der Waals surface area (Å²) in [5, 5.41) is 8.11. The maximum absolute atomic E-state index is 12.2. The van der Waals surface area contributed by atoms with Crippen molar-refractivity contribution < 1.29 is 17.9 Å². The predicted octanol–water partition coefficient (Wildman–Crippen LogP) is 3.76. The van der Waals surface area contributed by atoms with Gasteiger partial charge in [-0.1, -0.05) is 17.7 Å². The summed E-state index contributed by atoms with van der Waals surface area (Å²) < 4.78 is 40.4. The first-order valence-corrected chi connectivity index (χ1v) is 6.62. The Balaban J connectivity index is 1.85. The predicted molar refractivity (Wildman–Crippen MR) is 77.7 cm³/mol. The Morgan fingerprint density at radius 1 is 1.14 bits per heavy atom. The Hall–Kier alpha value is -2.28. The van der Waals surface area contributed by atoms with E-state index in [0.717, 1.165) is 11.3 Å². The van der Waals surface area contributed by atoms with E-state index in [1.807, 2.05) is 11.0 Å². The van der Waals surface area contributed by atoms with Crippen LogP contribution in [0.25, 0.3) is 5.70 Å². The van der Waals surface area contributed by atoms with Crippen LogP contribution in [0.5, 0.6) is 5.75 Å². The Morgan fingerprint density at radius 3 is 2.55 bits per heavy atom. The average molecular weight is 328 g/mol. The third-order valence-electron chi connectivity index (χ3n) is 3.00. The number of nitrogens with zero attached hydrogens (tertiary/aromatic N) is 3. The van der Waals surface area contributed by atoms with Crippen LogP contribution in [0.4, 0.5) is 13.2 Å². The fraction of sp³-hybridized carbons (Fsp3) is 0.143. The molecule has 1 aromatic rings. The summed E-state index contributed by atoms with van der Waals surface area (Å²) in [6.45, 7) is 0.358. The van der Waals surface area contributed by atoms with Crippen LogP contribution in [0.2, 0.25) is 0 Å². The van der Waals surface area contributed by atoms with Gasteiger partial charge in [0.1, 0.15) is 10.9 Å². The molecule has 3 rings (SSSR count). The molecule has 2 heterocycles. The number of benzene rings is 1. The number of hydrogen-bond donors (Lipinski definition) is 0. The Bertz CT molecular complexity index is 705. The van der Waals surface area contributed by atoms with E-state index in [1.54, 1.807) is 24.3 Å². The van der Waals surface area contributed by atoms with Gasteiger partial charge >= 0.3 is 6.36 Å². The van der Waals surface area contributed by atoms with Gasteiger partial charge in [0.15, 0.2) is 5.84 Å². The molecule has 0 unspecified atom stereocenters. The van der Waals surface area contributed by atoms with Crippen molar-refractivity contribution in [2.75, 3.05) is 6.54 Å². The zero-order valence-corrected chi connectivity index (χ0v) is 11.8. The van der Waals surface area contributed by atoms with E-state index in [1.165, 1.54) is 12.1 Å². The van der Waals surface area contributed by atoms with Crippen LogP contribution in [0.3, 0.4) is 0 Å². The monoisotopic (exact) mass is 327 g/mol. The topological polar surface area (TPSA) is 37.2 Å². The number of fused-ring (bicyclic) bond motifs is 1. The second-order valence-electron chi connectivity index (χ2n) is 4.50. The van der Waals surface area contributed by atoms with Crippen LogP contribution < -0.4 is 4.74 Å². The van der Waals surface area contributed by atoms with Crippen molar-refractivity contribution in [1.29, 1.82) is 0 Å². The molecule has 0 bridgehead atoms. The van der Waals surface area contributed by atoms with Gasteiger partial charge in [0.25, 0.3) is 0 Å². The molecule has 8 heteroatoms. The highest BCUT2D eigenvalue weighted by Gasteiger charge is 2.31. The lowest BCUT2D eigenvalue weighted by Gasteiger charge is -2.30. The SMILES string of the molecule is FC(F)(F)Oc1ccc(C2=CC=CC3=NN=C(Cl)CN23)cc1. The summed E-state index contributed by atoms with van der Waals surface area (Å²) in [7, 11) is 0. The van der Waals surface area contributed by atoms with E-state index in [-0.39, 0.29) is 5.75 Å². The number of amidine groups is 1. The molecule has 114 valence electrons. The minimum Gasteiger partial charge on any atom is -0.406 e. The smallest absolute Gasteiger partial charge is 0.406 e. The van der Waals surface area contributed by atoms with Crippen molar-refractivity contribution in [3.05, 3.63) is 48.1 Å². The lowest BCUT2D eigenvalue weighted by molar-refractivity contribution is -0.274. The molecule has 0 aliphatic carbocycles. The number of alkyl halides is 3. The summed E-state index contributed by atoms with van der Waals surface area (Å²) in [6.07, 6.45) is 0.691. The second-order valence-corrected chi connectivity index (χ2v) is 4.94. The number of rotatable bonds is 2. The fourth-order valence-electron chi connectivity index (χ4n) is 2.13. The third-order valence-corrected chi connectivity index (χ3v) is 3.20. The molecule has 4 nitrogen and oxygen atoms in total. The van der Waals surface area contributed by atoms with Crippen molar-refractivity contribution in [3.63, 3.8) is 0 Å². The maximum atomic E-state index is 12.2. The van der Waals surface area contributed by atoms with Crippen molar-refractivity contribution in [1.82, 2.24) is 4.90 Å². The van der Waals surface area contributed by atoms with E-state index in [9.17, 15) is 13.2 Å². The molecule has 0 amide bonds. The third kappa shape index (κ3) is 3.14. The first-order chi connectivity index (χ1) is 10.4. The van der Waals surface area contributed by atoms with E-state index in [2.05, 4.69) is 14.9 Å². The van der Waals surface area contributed by atoms with Gasteiger partial charge in [-0.3, -0.25) is 0 Å². The molecule has 0 spiro atoms. The first-order valence-electron chi connectivity index (χ1n) is 6.24. The van der Waals surface area contributed by atoms with Gasteiger partial charge in [0, 0.05) is 0 Å². The maximum Gasteiger partial charge on any atom is 0.573 e. The minimum absolute atomic E-state index is 0.268. The summed E-state index contributed by atoms with van der Waals surface area (Å²) in [5.41, 5.74) is 1.49. The summed E-state index contributed by atoms with van der Waals surface area (Å²) in [5.74, 6) is 0.354. The van der Waals surface area contributed by atoms with Crippen LogP contribution in [-0.4, -0.2) is 28.8 Å². The highest BCUT2D eigenvalue weighted by atomic mass is 35.5. The minimum atomic E-state index is -4.70. The quantitative estimate of drug-likeness (QED) is 0.829. The standard InChI is InChI=1S/C14H9ClF3N3O/c15-12-8-21-11(2-1-3-13(21)20-19-12)9-4-6-10(7-5-9)22-14(16,17)18/h1-7H,8H2. The molecule has 0 saturated heterocycles. The van der Waals surface area contributed by atoms with E-state index >= 15 is 0 Å². The molecule has 22 heavy (non-hydrogen) atoms. The zero-order chi connectivity index (χ0) is 15.7. The molecule has 0 radical (unpaired) electrons. The first kappa shape index (κ1) is 14.6. The number of halogens is 4. The average Bonchev–Trinajstić information content (AvgIpc) is 2.46. The molecule has 0 N–H and O–H groups in total. The highest BCUT2D eigenvalue weighted by molar-refractivity contribution is 6.66. The van der Waals surface area contributed by atoms with Crippen LogP contribution in [0.1, 0.15) is 5.56 Å². The van der Waals surface area contributed by atoms with Gasteiger partial charge < -0.3 is 9.64 Å². The Labute approximate surface area is 128 Å². The van der Waals surface area contributed by atoms with Gasteiger partial charge in [-0.2, -0.15) is 0 Å². The lowest BCUT2D eigenvalue weighted by atomic mass is 10.1. The number of hydrogen-bond acceptors (Lipinski definition) is 4. The van der Waals surface area contributed by atoms with Crippen molar-refractivity contribution in [2.24, 2.45) is 10.2 Å². The van der Waals surface area contributed by atoms with Crippen molar-refractivity contribution >= 4 is 28.3 Å². The van der Waals surface area contributed by atoms with Crippen LogP contribution in [-0.2, 0) is 0 Å². The Morgan fingerprint density at radius 2 is 1.86 bits per heavy atom. The molecule has 0 atom stereocenters. The Kier molecular flexibility index (Phi) is 3.66. The second kappa shape index (κ2) is 5.49. The highest BCUT2D eigenvalue weighted by Crippen LogP contribution is 2.28. The van der Waals surface area contributed by atoms with E-state index in [0.29, 0.717) is 17.6 Å². The zero-order valence-electron chi connectivity index (χ0n) is 11.0. The van der Waals surface area contributed by atoms with Gasteiger partial charge in [-0.25, -0.2) is 0 Å². The van der Waals surface area contributed by atoms with Crippen LogP contribution in [0, 0.1) is 0 Å². The van der Waals surface area contributed by atoms with Crippen molar-refractivity contribution in [2.45, 2.75) is 6.36 Å². The van der Waals surface area contributed by atoms with Gasteiger partial charge in [0.05, 0.1) is 12.2 Å².